The normalized spacial score (nSPS) is 36.6. The summed E-state index contributed by atoms with van der Waals surface area (Å²) < 4.78 is 5.35. The molecule has 0 aromatic heterocycles. The lowest BCUT2D eigenvalue weighted by Crippen LogP contribution is -2.50. The van der Waals surface area contributed by atoms with Crippen molar-refractivity contribution in [1.29, 1.82) is 0 Å². The van der Waals surface area contributed by atoms with Crippen LogP contribution in [0.4, 0.5) is 0 Å². The zero-order chi connectivity index (χ0) is 15.8. The van der Waals surface area contributed by atoms with E-state index in [9.17, 15) is 9.59 Å². The number of ether oxygens (including phenoxy) is 1. The maximum Gasteiger partial charge on any atom is 0.227 e. The van der Waals surface area contributed by atoms with Gasteiger partial charge in [-0.05, 0) is 31.1 Å². The number of nitrogens with one attached hydrogen (secondary N) is 1. The third-order valence-corrected chi connectivity index (χ3v) is 6.07. The minimum atomic E-state index is -0.166. The van der Waals surface area contributed by atoms with Gasteiger partial charge in [0.15, 0.2) is 0 Å². The van der Waals surface area contributed by atoms with Crippen LogP contribution in [0.5, 0.6) is 0 Å². The molecule has 2 bridgehead atoms. The Morgan fingerprint density at radius 2 is 1.65 bits per heavy atom. The number of carbonyl (C=O) groups excluding carboxylic acids is 2. The predicted molar refractivity (Wildman–Crippen MR) is 85.5 cm³/mol. The molecule has 4 aliphatic rings. The Hall–Kier alpha value is -1.36. The molecular formula is C18H26N2O3. The van der Waals surface area contributed by atoms with Crippen LogP contribution in [0.2, 0.25) is 0 Å². The van der Waals surface area contributed by atoms with Gasteiger partial charge in [-0.3, -0.25) is 9.59 Å². The van der Waals surface area contributed by atoms with Crippen molar-refractivity contribution in [2.24, 2.45) is 23.7 Å². The highest BCUT2D eigenvalue weighted by Crippen LogP contribution is 2.49. The highest BCUT2D eigenvalue weighted by molar-refractivity contribution is 5.90. The standard InChI is InChI=1S/C18H26N2O3/c21-17(19-14-3-1-2-4-14)15-12-5-6-13(11-12)16(15)18(22)20-7-9-23-10-8-20/h5-6,12-16H,1-4,7-11H2,(H,19,21)/t12-,13+,15-,16+/m1/s1. The number of amides is 2. The van der Waals surface area contributed by atoms with Crippen LogP contribution in [0.25, 0.3) is 0 Å². The molecule has 5 heteroatoms. The van der Waals surface area contributed by atoms with Gasteiger partial charge in [-0.2, -0.15) is 0 Å². The minimum Gasteiger partial charge on any atom is -0.378 e. The lowest BCUT2D eigenvalue weighted by atomic mass is 9.81. The van der Waals surface area contributed by atoms with Crippen LogP contribution in [-0.4, -0.2) is 49.1 Å². The molecule has 0 unspecified atom stereocenters. The van der Waals surface area contributed by atoms with Crippen LogP contribution in [0.3, 0.4) is 0 Å². The summed E-state index contributed by atoms with van der Waals surface area (Å²) in [5, 5.41) is 3.23. The van der Waals surface area contributed by atoms with Gasteiger partial charge in [0, 0.05) is 19.1 Å². The molecule has 126 valence electrons. The smallest absolute Gasteiger partial charge is 0.227 e. The first-order valence-corrected chi connectivity index (χ1v) is 9.09. The van der Waals surface area contributed by atoms with Crippen LogP contribution in [0.15, 0.2) is 12.2 Å². The molecule has 3 aliphatic carbocycles. The fourth-order valence-corrected chi connectivity index (χ4v) is 4.88. The van der Waals surface area contributed by atoms with Crippen molar-refractivity contribution < 1.29 is 14.3 Å². The molecule has 1 aliphatic heterocycles. The Morgan fingerprint density at radius 3 is 2.35 bits per heavy atom. The Bertz CT molecular complexity index is 506. The van der Waals surface area contributed by atoms with Crippen molar-refractivity contribution in [3.63, 3.8) is 0 Å². The molecule has 4 rings (SSSR count). The summed E-state index contributed by atoms with van der Waals surface area (Å²) in [5.74, 6) is 0.439. The third-order valence-electron chi connectivity index (χ3n) is 6.07. The molecule has 0 spiro atoms. The van der Waals surface area contributed by atoms with E-state index in [1.165, 1.54) is 12.8 Å². The van der Waals surface area contributed by atoms with Crippen molar-refractivity contribution in [2.75, 3.05) is 26.3 Å². The topological polar surface area (TPSA) is 58.6 Å². The molecule has 2 amide bonds. The number of allylic oxidation sites excluding steroid dienone is 2. The van der Waals surface area contributed by atoms with E-state index < -0.39 is 0 Å². The number of hydrogen-bond acceptors (Lipinski definition) is 3. The van der Waals surface area contributed by atoms with Gasteiger partial charge in [-0.15, -0.1) is 0 Å². The van der Waals surface area contributed by atoms with E-state index in [-0.39, 0.29) is 35.5 Å². The Labute approximate surface area is 137 Å². The highest BCUT2D eigenvalue weighted by Gasteiger charge is 2.52. The van der Waals surface area contributed by atoms with Gasteiger partial charge in [-0.1, -0.05) is 25.0 Å². The largest absolute Gasteiger partial charge is 0.378 e. The number of nitrogens with zero attached hydrogens (tertiary/aromatic N) is 1. The number of morpholine rings is 1. The van der Waals surface area contributed by atoms with E-state index in [0.29, 0.717) is 32.3 Å². The van der Waals surface area contributed by atoms with Crippen LogP contribution in [0, 0.1) is 23.7 Å². The predicted octanol–water partition coefficient (Wildman–Crippen LogP) is 1.34. The van der Waals surface area contributed by atoms with E-state index in [2.05, 4.69) is 17.5 Å². The third kappa shape index (κ3) is 2.80. The molecule has 0 radical (unpaired) electrons. The molecule has 1 N–H and O–H groups in total. The van der Waals surface area contributed by atoms with Crippen molar-refractivity contribution in [1.82, 2.24) is 10.2 Å². The molecule has 4 atom stereocenters. The maximum absolute atomic E-state index is 13.0. The van der Waals surface area contributed by atoms with Crippen molar-refractivity contribution in [3.05, 3.63) is 12.2 Å². The lowest BCUT2D eigenvalue weighted by molar-refractivity contribution is -0.145. The monoisotopic (exact) mass is 318 g/mol. The second kappa shape index (κ2) is 6.27. The van der Waals surface area contributed by atoms with Gasteiger partial charge in [0.1, 0.15) is 0 Å². The van der Waals surface area contributed by atoms with Gasteiger partial charge in [0.25, 0.3) is 0 Å². The zero-order valence-electron chi connectivity index (χ0n) is 13.6. The zero-order valence-corrected chi connectivity index (χ0v) is 13.6. The van der Waals surface area contributed by atoms with Crippen LogP contribution in [0.1, 0.15) is 32.1 Å². The van der Waals surface area contributed by atoms with Gasteiger partial charge in [-0.25, -0.2) is 0 Å². The van der Waals surface area contributed by atoms with Crippen molar-refractivity contribution in [2.45, 2.75) is 38.1 Å². The van der Waals surface area contributed by atoms with E-state index >= 15 is 0 Å². The fourth-order valence-electron chi connectivity index (χ4n) is 4.88. The summed E-state index contributed by atoms with van der Waals surface area (Å²) in [6.45, 7) is 2.55. The summed E-state index contributed by atoms with van der Waals surface area (Å²) >= 11 is 0. The molecule has 0 aromatic carbocycles. The maximum atomic E-state index is 13.0. The number of fused-ring (bicyclic) bond motifs is 2. The first-order chi connectivity index (χ1) is 11.2. The summed E-state index contributed by atoms with van der Waals surface area (Å²) in [6.07, 6.45) is 9.87. The summed E-state index contributed by atoms with van der Waals surface area (Å²) in [6, 6.07) is 0.324. The fraction of sp³-hybridized carbons (Fsp3) is 0.778. The SMILES string of the molecule is O=C(NC1CCCC1)[C@H]1[C@@H](C(=O)N2CCOCC2)[C@H]2C=C[C@@H]1C2. The number of rotatable bonds is 3. The molecule has 5 nitrogen and oxygen atoms in total. The van der Waals surface area contributed by atoms with Crippen molar-refractivity contribution >= 4 is 11.8 Å². The minimum absolute atomic E-state index is 0.111. The van der Waals surface area contributed by atoms with Gasteiger partial charge >= 0.3 is 0 Å². The van der Waals surface area contributed by atoms with E-state index in [0.717, 1.165) is 19.3 Å². The average Bonchev–Trinajstić information content (AvgIpc) is 3.31. The first kappa shape index (κ1) is 15.2. The average molecular weight is 318 g/mol. The number of carbonyl (C=O) groups is 2. The molecule has 3 fully saturated rings. The summed E-state index contributed by atoms with van der Waals surface area (Å²) in [7, 11) is 0. The molecule has 23 heavy (non-hydrogen) atoms. The van der Waals surface area contributed by atoms with E-state index in [1.54, 1.807) is 0 Å². The van der Waals surface area contributed by atoms with Gasteiger partial charge < -0.3 is 15.0 Å². The van der Waals surface area contributed by atoms with E-state index in [1.807, 2.05) is 4.90 Å². The van der Waals surface area contributed by atoms with Crippen molar-refractivity contribution in [3.8, 4) is 0 Å². The Balaban J connectivity index is 1.48. The first-order valence-electron chi connectivity index (χ1n) is 9.09. The second-order valence-corrected chi connectivity index (χ2v) is 7.43. The quantitative estimate of drug-likeness (QED) is 0.799. The molecule has 0 aromatic rings. The summed E-state index contributed by atoms with van der Waals surface area (Å²) in [5.41, 5.74) is 0. The van der Waals surface area contributed by atoms with Gasteiger partial charge in [0.2, 0.25) is 11.8 Å². The van der Waals surface area contributed by atoms with Gasteiger partial charge in [0.05, 0.1) is 25.0 Å². The highest BCUT2D eigenvalue weighted by atomic mass is 16.5. The van der Waals surface area contributed by atoms with Crippen LogP contribution < -0.4 is 5.32 Å². The van der Waals surface area contributed by atoms with Crippen LogP contribution in [-0.2, 0) is 14.3 Å². The Morgan fingerprint density at radius 1 is 1.00 bits per heavy atom. The molecule has 1 heterocycles. The molecule has 2 saturated carbocycles. The second-order valence-electron chi connectivity index (χ2n) is 7.43. The lowest BCUT2D eigenvalue weighted by Gasteiger charge is -2.34. The Kier molecular flexibility index (Phi) is 4.14. The number of hydrogen-bond donors (Lipinski definition) is 1. The molecule has 1 saturated heterocycles. The van der Waals surface area contributed by atoms with Crippen LogP contribution >= 0.6 is 0 Å². The summed E-state index contributed by atoms with van der Waals surface area (Å²) in [4.78, 5) is 27.7. The van der Waals surface area contributed by atoms with E-state index in [4.69, 9.17) is 4.74 Å². The molecular weight excluding hydrogens is 292 g/mol.